The van der Waals surface area contributed by atoms with Gasteiger partial charge in [0.2, 0.25) is 0 Å². The van der Waals surface area contributed by atoms with Crippen LogP contribution in [0.5, 0.6) is 11.5 Å². The zero-order valence-electron chi connectivity index (χ0n) is 12.6. The zero-order chi connectivity index (χ0) is 14.3. The van der Waals surface area contributed by atoms with E-state index in [9.17, 15) is 4.79 Å². The fourth-order valence-corrected chi connectivity index (χ4v) is 3.47. The maximum Gasteiger partial charge on any atom is 0.412 e. The number of benzene rings is 1. The number of amides is 1. The van der Waals surface area contributed by atoms with E-state index in [1.165, 1.54) is 18.5 Å². The second kappa shape index (κ2) is 6.00. The molecule has 6 heteroatoms. The summed E-state index contributed by atoms with van der Waals surface area (Å²) in [6.45, 7) is 1.93. The Morgan fingerprint density at radius 3 is 2.90 bits per heavy atom. The Labute approximate surface area is 142 Å². The van der Waals surface area contributed by atoms with Crippen molar-refractivity contribution in [1.29, 1.82) is 0 Å². The van der Waals surface area contributed by atoms with Crippen LogP contribution in [-0.2, 0) is 0 Å². The highest BCUT2D eigenvalue weighted by molar-refractivity contribution is 5.70. The van der Waals surface area contributed by atoms with Crippen LogP contribution in [0.3, 0.4) is 0 Å². The summed E-state index contributed by atoms with van der Waals surface area (Å²) in [5.41, 5.74) is 1.23. The third-order valence-electron chi connectivity index (χ3n) is 4.45. The summed E-state index contributed by atoms with van der Waals surface area (Å²) in [7, 11) is 6.09. The fraction of sp³-hybridized carbons (Fsp3) is 0.533. The van der Waals surface area contributed by atoms with Crippen LogP contribution in [0.1, 0.15) is 18.0 Å². The van der Waals surface area contributed by atoms with E-state index in [2.05, 4.69) is 19.4 Å². The lowest BCUT2D eigenvalue weighted by Gasteiger charge is -2.37. The second-order valence-electron chi connectivity index (χ2n) is 6.15. The van der Waals surface area contributed by atoms with Crippen LogP contribution in [0.4, 0.5) is 4.79 Å². The summed E-state index contributed by atoms with van der Waals surface area (Å²) in [5, 5.41) is 2.44. The van der Waals surface area contributed by atoms with Gasteiger partial charge in [0.05, 0.1) is 38.7 Å². The van der Waals surface area contributed by atoms with E-state index in [4.69, 9.17) is 9.47 Å². The molecule has 0 unspecified atom stereocenters. The topological polar surface area (TPSA) is 47.6 Å². The van der Waals surface area contributed by atoms with Crippen LogP contribution < -0.4 is 38.8 Å². The van der Waals surface area contributed by atoms with E-state index in [1.54, 1.807) is 7.05 Å². The van der Waals surface area contributed by atoms with Gasteiger partial charge in [0.25, 0.3) is 0 Å². The summed E-state index contributed by atoms with van der Waals surface area (Å²) in [5.74, 6) is 1.95. The first kappa shape index (κ1) is 16.4. The van der Waals surface area contributed by atoms with Gasteiger partial charge in [-0.2, -0.15) is 0 Å². The maximum atomic E-state index is 11.3. The molecule has 1 aromatic rings. The Bertz CT molecular complexity index is 548. The molecule has 1 saturated heterocycles. The molecule has 21 heavy (non-hydrogen) atoms. The highest BCUT2D eigenvalue weighted by atomic mass is 127. The number of nitrogens with zero attached hydrogens (tertiary/aromatic N) is 1. The molecule has 0 radical (unpaired) electrons. The number of ether oxygens (including phenoxy) is 2. The van der Waals surface area contributed by atoms with Gasteiger partial charge in [-0.1, -0.05) is 0 Å². The van der Waals surface area contributed by atoms with Gasteiger partial charge in [-0.25, -0.2) is 4.79 Å². The molecule has 0 spiro atoms. The summed E-state index contributed by atoms with van der Waals surface area (Å²) in [6.07, 6.45) is 0.740. The molecule has 1 fully saturated rings. The van der Waals surface area contributed by atoms with Crippen molar-refractivity contribution in [2.75, 3.05) is 34.3 Å². The minimum Gasteiger partial charge on any atom is -1.00 e. The van der Waals surface area contributed by atoms with Crippen molar-refractivity contribution in [2.45, 2.75) is 12.5 Å². The standard InChI is InChI=1S/C15H20N2O3.HI/c1-16-15(18)20-11-4-5-12-13(8-11)19-9-10-6-7-17(2,3)14(10)12;/h4-5,8,10,14H,6-7,9H2,1-3H3;1H/t10-,14-;/m0./s1. The number of hydrogen-bond donors (Lipinski definition) is 1. The van der Waals surface area contributed by atoms with Gasteiger partial charge < -0.3 is 43.3 Å². The molecule has 1 amide bonds. The summed E-state index contributed by atoms with van der Waals surface area (Å²) in [6, 6.07) is 6.18. The Morgan fingerprint density at radius 1 is 1.43 bits per heavy atom. The van der Waals surface area contributed by atoms with Crippen LogP contribution in [0.15, 0.2) is 18.2 Å². The molecule has 2 aliphatic heterocycles. The molecule has 116 valence electrons. The van der Waals surface area contributed by atoms with Crippen LogP contribution >= 0.6 is 0 Å². The number of quaternary nitrogens is 1. The van der Waals surface area contributed by atoms with Crippen molar-refractivity contribution < 1.29 is 42.7 Å². The van der Waals surface area contributed by atoms with Crippen LogP contribution in [-0.4, -0.2) is 44.9 Å². The molecule has 0 aromatic heterocycles. The van der Waals surface area contributed by atoms with Crippen molar-refractivity contribution in [2.24, 2.45) is 5.92 Å². The summed E-state index contributed by atoms with van der Waals surface area (Å²) >= 11 is 0. The van der Waals surface area contributed by atoms with Gasteiger partial charge in [0, 0.05) is 19.5 Å². The van der Waals surface area contributed by atoms with E-state index < -0.39 is 6.09 Å². The van der Waals surface area contributed by atoms with Crippen molar-refractivity contribution in [3.05, 3.63) is 23.8 Å². The molecular weight excluding hydrogens is 383 g/mol. The molecule has 1 aromatic carbocycles. The van der Waals surface area contributed by atoms with Gasteiger partial charge >= 0.3 is 6.09 Å². The van der Waals surface area contributed by atoms with Crippen molar-refractivity contribution in [3.63, 3.8) is 0 Å². The third kappa shape index (κ3) is 2.96. The molecule has 0 saturated carbocycles. The molecule has 3 rings (SSSR count). The molecule has 1 N–H and O–H groups in total. The zero-order valence-corrected chi connectivity index (χ0v) is 14.7. The molecule has 2 atom stereocenters. The molecule has 0 aliphatic carbocycles. The minimum absolute atomic E-state index is 0. The monoisotopic (exact) mass is 404 g/mol. The number of carbonyl (C=O) groups is 1. The van der Waals surface area contributed by atoms with Crippen molar-refractivity contribution in [1.82, 2.24) is 5.32 Å². The SMILES string of the molecule is CNC(=O)Oc1ccc2c(c1)OC[C@@H]1CC[N+](C)(C)[C@H]21.[I-]. The Hall–Kier alpha value is -1.02. The molecule has 2 heterocycles. The van der Waals surface area contributed by atoms with Crippen LogP contribution in [0.2, 0.25) is 0 Å². The summed E-state index contributed by atoms with van der Waals surface area (Å²) in [4.78, 5) is 11.3. The highest BCUT2D eigenvalue weighted by Gasteiger charge is 2.47. The first-order valence-corrected chi connectivity index (χ1v) is 7.00. The number of rotatable bonds is 1. The first-order chi connectivity index (χ1) is 9.51. The lowest BCUT2D eigenvalue weighted by Crippen LogP contribution is -3.00. The predicted octanol–water partition coefficient (Wildman–Crippen LogP) is -1.06. The quantitative estimate of drug-likeness (QED) is 0.480. The van der Waals surface area contributed by atoms with Gasteiger partial charge in [0.1, 0.15) is 17.5 Å². The van der Waals surface area contributed by atoms with E-state index in [-0.39, 0.29) is 24.0 Å². The van der Waals surface area contributed by atoms with Crippen molar-refractivity contribution in [3.8, 4) is 11.5 Å². The lowest BCUT2D eigenvalue weighted by molar-refractivity contribution is -0.910. The average Bonchev–Trinajstić information content (AvgIpc) is 2.74. The van der Waals surface area contributed by atoms with E-state index in [1.807, 2.05) is 18.2 Å². The van der Waals surface area contributed by atoms with E-state index in [0.717, 1.165) is 16.8 Å². The number of hydrogen-bond acceptors (Lipinski definition) is 3. The Kier molecular flexibility index (Phi) is 4.67. The largest absolute Gasteiger partial charge is 1.00 e. The van der Waals surface area contributed by atoms with Gasteiger partial charge in [-0.05, 0) is 12.1 Å². The van der Waals surface area contributed by atoms with E-state index in [0.29, 0.717) is 17.7 Å². The Balaban J connectivity index is 0.00000161. The Morgan fingerprint density at radius 2 is 2.19 bits per heavy atom. The molecule has 0 bridgehead atoms. The van der Waals surface area contributed by atoms with Gasteiger partial charge in [-0.3, -0.25) is 0 Å². The smallest absolute Gasteiger partial charge is 0.412 e. The molecule has 5 nitrogen and oxygen atoms in total. The summed E-state index contributed by atoms with van der Waals surface area (Å²) < 4.78 is 12.0. The van der Waals surface area contributed by atoms with Crippen LogP contribution in [0.25, 0.3) is 0 Å². The fourth-order valence-electron chi connectivity index (χ4n) is 3.47. The molecule has 2 aliphatic rings. The number of fused-ring (bicyclic) bond motifs is 3. The number of carbonyl (C=O) groups excluding carboxylic acids is 1. The highest BCUT2D eigenvalue weighted by Crippen LogP contribution is 2.48. The number of nitrogens with one attached hydrogen (secondary N) is 1. The lowest BCUT2D eigenvalue weighted by atomic mass is 9.91. The minimum atomic E-state index is -0.462. The first-order valence-electron chi connectivity index (χ1n) is 7.00. The van der Waals surface area contributed by atoms with Gasteiger partial charge in [-0.15, -0.1) is 0 Å². The van der Waals surface area contributed by atoms with Crippen molar-refractivity contribution >= 4 is 6.09 Å². The van der Waals surface area contributed by atoms with Gasteiger partial charge in [0.15, 0.2) is 0 Å². The molecular formula is C15H21IN2O3. The second-order valence-corrected chi connectivity index (χ2v) is 6.15. The normalized spacial score (nSPS) is 24.9. The maximum absolute atomic E-state index is 11.3. The third-order valence-corrected chi connectivity index (χ3v) is 4.45. The average molecular weight is 404 g/mol. The number of likely N-dealkylation sites (tertiary alicyclic amines) is 1. The van der Waals surface area contributed by atoms with Crippen LogP contribution in [0, 0.1) is 5.92 Å². The number of halogens is 1. The van der Waals surface area contributed by atoms with E-state index >= 15 is 0 Å². The predicted molar refractivity (Wildman–Crippen MR) is 74.8 cm³/mol.